The highest BCUT2D eigenvalue weighted by Gasteiger charge is 2.38. The van der Waals surface area contributed by atoms with Gasteiger partial charge in [-0.05, 0) is 45.6 Å². The lowest BCUT2D eigenvalue weighted by Crippen LogP contribution is -2.36. The van der Waals surface area contributed by atoms with Crippen molar-refractivity contribution in [2.75, 3.05) is 25.0 Å². The van der Waals surface area contributed by atoms with Crippen LogP contribution in [0.5, 0.6) is 11.5 Å². The van der Waals surface area contributed by atoms with Crippen molar-refractivity contribution < 1.29 is 32.0 Å². The third-order valence-electron chi connectivity index (χ3n) is 5.55. The van der Waals surface area contributed by atoms with Gasteiger partial charge in [0.15, 0.2) is 0 Å². The number of nitrogens with zero attached hydrogens (tertiary/aromatic N) is 4. The summed E-state index contributed by atoms with van der Waals surface area (Å²) in [6, 6.07) is 12.8. The van der Waals surface area contributed by atoms with Gasteiger partial charge in [0, 0.05) is 11.6 Å². The van der Waals surface area contributed by atoms with E-state index in [1.165, 1.54) is 19.3 Å². The molecule has 1 unspecified atom stereocenters. The summed E-state index contributed by atoms with van der Waals surface area (Å²) in [6.45, 7) is 3.48. The molecule has 1 atom stereocenters. The maximum Gasteiger partial charge on any atom is 0.420 e. The maximum absolute atomic E-state index is 13.9. The van der Waals surface area contributed by atoms with Crippen molar-refractivity contribution in [2.45, 2.75) is 32.0 Å². The van der Waals surface area contributed by atoms with Gasteiger partial charge in [0.25, 0.3) is 5.95 Å². The average molecular weight is 569 g/mol. The first kappa shape index (κ1) is 29.3. The number of anilines is 1. The molecule has 0 radical (unpaired) electrons. The molecule has 0 bridgehead atoms. The van der Waals surface area contributed by atoms with Crippen molar-refractivity contribution in [2.24, 2.45) is 0 Å². The van der Waals surface area contributed by atoms with E-state index in [0.717, 1.165) is 6.07 Å². The Morgan fingerprint density at radius 3 is 2.39 bits per heavy atom. The predicted molar refractivity (Wildman–Crippen MR) is 138 cm³/mol. The summed E-state index contributed by atoms with van der Waals surface area (Å²) < 4.78 is 51.8. The number of hydrogen-bond acceptors (Lipinski definition) is 8. The van der Waals surface area contributed by atoms with Crippen LogP contribution in [0.15, 0.2) is 48.7 Å². The first-order valence-corrected chi connectivity index (χ1v) is 12.2. The van der Waals surface area contributed by atoms with Gasteiger partial charge in [-0.15, -0.1) is 11.6 Å². The van der Waals surface area contributed by atoms with E-state index in [1.54, 1.807) is 44.2 Å². The summed E-state index contributed by atoms with van der Waals surface area (Å²) in [4.78, 5) is 8.23. The number of quaternary nitrogens is 1. The van der Waals surface area contributed by atoms with Crippen molar-refractivity contribution in [3.63, 3.8) is 0 Å². The van der Waals surface area contributed by atoms with Crippen LogP contribution in [0, 0.1) is 11.3 Å². The van der Waals surface area contributed by atoms with Gasteiger partial charge in [-0.1, -0.05) is 26.0 Å². The van der Waals surface area contributed by atoms with E-state index < -0.39 is 27.1 Å². The molecule has 1 aromatic heterocycles. The number of rotatable bonds is 10. The molecule has 0 fully saturated rings. The SMILES string of the molecule is CC(C)(c1ccc(OCc2ccnc(N[N+](C)(O)S)n2)cc1)c1cc(C#N)c(OCCCl)c(C(F)(F)F)c1. The van der Waals surface area contributed by atoms with Crippen molar-refractivity contribution in [1.29, 1.82) is 5.26 Å². The monoisotopic (exact) mass is 568 g/mol. The van der Waals surface area contributed by atoms with Gasteiger partial charge in [-0.2, -0.15) is 29.1 Å². The van der Waals surface area contributed by atoms with Gasteiger partial charge in [-0.3, -0.25) is 0 Å². The Hall–Kier alpha value is -3.24. The fraction of sp³-hybridized carbons (Fsp3) is 0.320. The molecule has 0 amide bonds. The molecular weight excluding hydrogens is 543 g/mol. The second kappa shape index (κ2) is 11.7. The second-order valence-electron chi connectivity index (χ2n) is 8.88. The van der Waals surface area contributed by atoms with Crippen LogP contribution in [0.3, 0.4) is 0 Å². The van der Waals surface area contributed by atoms with E-state index in [0.29, 0.717) is 22.6 Å². The highest BCUT2D eigenvalue weighted by atomic mass is 35.5. The Morgan fingerprint density at radius 2 is 1.82 bits per heavy atom. The molecule has 2 aromatic carbocycles. The van der Waals surface area contributed by atoms with E-state index in [1.807, 2.05) is 6.07 Å². The number of halogens is 4. The van der Waals surface area contributed by atoms with Crippen molar-refractivity contribution in [3.05, 3.63) is 76.6 Å². The Morgan fingerprint density at radius 1 is 1.13 bits per heavy atom. The topological polar surface area (TPSA) is 100 Å². The minimum atomic E-state index is -4.73. The normalized spacial score (nSPS) is 13.4. The van der Waals surface area contributed by atoms with E-state index in [2.05, 4.69) is 28.2 Å². The molecule has 0 saturated carbocycles. The molecule has 0 aliphatic heterocycles. The van der Waals surface area contributed by atoms with Crippen LogP contribution in [0.1, 0.15) is 41.8 Å². The highest BCUT2D eigenvalue weighted by molar-refractivity contribution is 7.74. The van der Waals surface area contributed by atoms with Gasteiger partial charge < -0.3 is 9.47 Å². The smallest absolute Gasteiger partial charge is 0.420 e. The van der Waals surface area contributed by atoms with Crippen molar-refractivity contribution >= 4 is 30.4 Å². The highest BCUT2D eigenvalue weighted by Crippen LogP contribution is 2.43. The minimum absolute atomic E-state index is 0.0177. The number of aromatic nitrogens is 2. The van der Waals surface area contributed by atoms with E-state index >= 15 is 0 Å². The predicted octanol–water partition coefficient (Wildman–Crippen LogP) is 5.90. The van der Waals surface area contributed by atoms with Crippen molar-refractivity contribution in [1.82, 2.24) is 9.97 Å². The summed E-state index contributed by atoms with van der Waals surface area (Å²) in [5.41, 5.74) is 1.98. The molecule has 0 spiro atoms. The van der Waals surface area contributed by atoms with Crippen LogP contribution in [0.2, 0.25) is 0 Å². The number of benzene rings is 2. The first-order valence-electron chi connectivity index (χ1n) is 11.2. The minimum Gasteiger partial charge on any atom is -0.490 e. The van der Waals surface area contributed by atoms with Crippen LogP contribution >= 0.6 is 24.4 Å². The van der Waals surface area contributed by atoms with Gasteiger partial charge in [0.1, 0.15) is 50.6 Å². The summed E-state index contributed by atoms with van der Waals surface area (Å²) >= 11 is 9.48. The summed E-state index contributed by atoms with van der Waals surface area (Å²) in [6.07, 6.45) is -3.23. The Balaban J connectivity index is 1.83. The number of alkyl halides is 4. The summed E-state index contributed by atoms with van der Waals surface area (Å²) in [7, 11) is 1.37. The summed E-state index contributed by atoms with van der Waals surface area (Å²) in [5, 5.41) is 19.2. The quantitative estimate of drug-likeness (QED) is 0.121. The molecular formula is C25H26ClF3N5O3S+. The number of nitriles is 1. The molecule has 38 heavy (non-hydrogen) atoms. The second-order valence-corrected chi connectivity index (χ2v) is 10.0. The van der Waals surface area contributed by atoms with Crippen LogP contribution < -0.4 is 14.9 Å². The van der Waals surface area contributed by atoms with Gasteiger partial charge in [-0.25, -0.2) is 9.97 Å². The average Bonchev–Trinajstić information content (AvgIpc) is 2.84. The van der Waals surface area contributed by atoms with E-state index in [-0.39, 0.29) is 30.6 Å². The van der Waals surface area contributed by atoms with Crippen molar-refractivity contribution in [3.8, 4) is 17.6 Å². The van der Waals surface area contributed by atoms with E-state index in [9.17, 15) is 23.6 Å². The molecule has 8 nitrogen and oxygen atoms in total. The van der Waals surface area contributed by atoms with E-state index in [4.69, 9.17) is 21.1 Å². The maximum atomic E-state index is 13.9. The number of thiol groups is 1. The van der Waals surface area contributed by atoms with Crippen LogP contribution in [-0.4, -0.2) is 38.9 Å². The molecule has 3 aromatic rings. The molecule has 2 N–H and O–H groups in total. The third-order valence-corrected chi connectivity index (χ3v) is 5.80. The molecule has 0 saturated heterocycles. The lowest BCUT2D eigenvalue weighted by molar-refractivity contribution is -0.955. The number of nitrogens with one attached hydrogen (secondary N) is 1. The fourth-order valence-electron chi connectivity index (χ4n) is 3.59. The Bertz CT molecular complexity index is 1310. The zero-order valence-corrected chi connectivity index (χ0v) is 22.4. The van der Waals surface area contributed by atoms with Crippen LogP contribution in [0.4, 0.5) is 19.1 Å². The zero-order chi connectivity index (χ0) is 28.1. The fourth-order valence-corrected chi connectivity index (χ4v) is 3.76. The molecule has 202 valence electrons. The first-order chi connectivity index (χ1) is 17.7. The molecule has 13 heteroatoms. The van der Waals surface area contributed by atoms with Gasteiger partial charge in [0.05, 0.1) is 22.7 Å². The Kier molecular flexibility index (Phi) is 8.99. The van der Waals surface area contributed by atoms with Gasteiger partial charge >= 0.3 is 6.18 Å². The third kappa shape index (κ3) is 7.41. The lowest BCUT2D eigenvalue weighted by atomic mass is 9.77. The summed E-state index contributed by atoms with van der Waals surface area (Å²) in [5.74, 6) is 0.116. The van der Waals surface area contributed by atoms with Crippen LogP contribution in [0.25, 0.3) is 0 Å². The standard InChI is InChI=1S/C25H26ClF3N5O3S/c1-24(2,18-12-16(14-30)22(36-11-9-26)21(13-18)25(27,28)29)17-4-6-20(7-5-17)37-15-19-8-10-31-23(32-19)33-34(3,35)38/h4-8,10,12-13,35,38H,9,11,15H2,1-3H3,(H,31,32,33)/q+1. The largest absolute Gasteiger partial charge is 0.490 e. The molecule has 3 rings (SSSR count). The lowest BCUT2D eigenvalue weighted by Gasteiger charge is -2.28. The van der Waals surface area contributed by atoms with Crippen LogP contribution in [-0.2, 0) is 18.2 Å². The molecule has 1 heterocycles. The number of hydroxylamine groups is 1. The number of hydrogen-bond donors (Lipinski definition) is 3. The molecule has 0 aliphatic carbocycles. The molecule has 0 aliphatic rings. The zero-order valence-electron chi connectivity index (χ0n) is 20.8. The van der Waals surface area contributed by atoms with Gasteiger partial charge in [0.2, 0.25) is 0 Å². The Labute approximate surface area is 228 Å². The number of ether oxygens (including phenoxy) is 2.